The minimum atomic E-state index is 0.863. The van der Waals surface area contributed by atoms with Gasteiger partial charge in [-0.05, 0) is 0 Å². The van der Waals surface area contributed by atoms with Crippen LogP contribution in [0.15, 0.2) is 0 Å². The van der Waals surface area contributed by atoms with Crippen LogP contribution in [0.4, 0.5) is 0 Å². The monoisotopic (exact) mass is 98.0 g/mol. The Morgan fingerprint density at radius 1 is 1.60 bits per heavy atom. The van der Waals surface area contributed by atoms with E-state index >= 15 is 0 Å². The van der Waals surface area contributed by atoms with Crippen molar-refractivity contribution in [3.63, 3.8) is 0 Å². The van der Waals surface area contributed by atoms with E-state index in [9.17, 15) is 0 Å². The summed E-state index contributed by atoms with van der Waals surface area (Å²) in [6, 6.07) is 0. The molecule has 2 heteroatoms. The Morgan fingerprint density at radius 3 is 1.80 bits per heavy atom. The van der Waals surface area contributed by atoms with Gasteiger partial charge in [0, 0.05) is 0 Å². The van der Waals surface area contributed by atoms with Crippen LogP contribution in [0.3, 0.4) is 0 Å². The van der Waals surface area contributed by atoms with E-state index in [1.807, 2.05) is 7.88 Å². The van der Waals surface area contributed by atoms with Gasteiger partial charge >= 0.3 is 53.3 Å². The van der Waals surface area contributed by atoms with E-state index in [0.717, 1.165) is 5.25 Å². The second kappa shape index (κ2) is 3.54. The standard InChI is InChI=1S/C3H8S.Na/c1-3(2)4;/h3-4H,1-2H3;/q;+1/p-1. The molecule has 0 heterocycles. The zero-order valence-electron chi connectivity index (χ0n) is 3.99. The first-order valence-corrected chi connectivity index (χ1v) is 5.54. The van der Waals surface area contributed by atoms with Gasteiger partial charge in [-0.2, -0.15) is 0 Å². The van der Waals surface area contributed by atoms with Crippen molar-refractivity contribution in [1.29, 1.82) is 0 Å². The van der Waals surface area contributed by atoms with Gasteiger partial charge in [0.1, 0.15) is 0 Å². The molecule has 0 N–H and O–H groups in total. The van der Waals surface area contributed by atoms with E-state index in [1.165, 1.54) is 26.4 Å². The molecule has 0 aliphatic carbocycles. The van der Waals surface area contributed by atoms with E-state index in [2.05, 4.69) is 13.8 Å². The van der Waals surface area contributed by atoms with Gasteiger partial charge in [-0.25, -0.2) is 0 Å². The maximum atomic E-state index is 2.22. The average molecular weight is 98.1 g/mol. The first kappa shape index (κ1) is 6.35. The molecule has 0 fully saturated rings. The van der Waals surface area contributed by atoms with E-state index < -0.39 is 0 Å². The fraction of sp³-hybridized carbons (Fsp3) is 1.00. The van der Waals surface area contributed by atoms with Crippen molar-refractivity contribution in [3.05, 3.63) is 0 Å². The fourth-order valence-corrected chi connectivity index (χ4v) is 0. The van der Waals surface area contributed by atoms with Crippen molar-refractivity contribution in [1.82, 2.24) is 0 Å². The summed E-state index contributed by atoms with van der Waals surface area (Å²) in [6.45, 7) is 4.44. The van der Waals surface area contributed by atoms with Crippen LogP contribution < -0.4 is 0 Å². The second-order valence-electron chi connectivity index (χ2n) is 1.28. The predicted octanol–water partition coefficient (Wildman–Crippen LogP) is 1.21. The molecule has 0 spiro atoms. The topological polar surface area (TPSA) is 0 Å². The van der Waals surface area contributed by atoms with E-state index in [0.29, 0.717) is 0 Å². The Kier molecular flexibility index (Phi) is 4.49. The van der Waals surface area contributed by atoms with Crippen molar-refractivity contribution in [3.8, 4) is 0 Å². The third kappa shape index (κ3) is 5.35. The van der Waals surface area contributed by atoms with Gasteiger partial charge in [-0.15, -0.1) is 0 Å². The molecule has 0 atom stereocenters. The Bertz CT molecular complexity index is 20.9. The van der Waals surface area contributed by atoms with Crippen LogP contribution in [0.1, 0.15) is 13.8 Å². The summed E-state index contributed by atoms with van der Waals surface area (Å²) in [4.78, 5) is 0. The zero-order chi connectivity index (χ0) is 4.28. The van der Waals surface area contributed by atoms with Crippen molar-refractivity contribution >= 4 is 34.2 Å². The first-order valence-electron chi connectivity index (χ1n) is 1.80. The molecular weight excluding hydrogens is 91.1 g/mol. The Balaban J connectivity index is 2.54. The number of rotatable bonds is 1. The van der Waals surface area contributed by atoms with Gasteiger partial charge in [-0.1, -0.05) is 0 Å². The van der Waals surface area contributed by atoms with Crippen LogP contribution >= 0.6 is 7.88 Å². The molecule has 0 radical (unpaired) electrons. The summed E-state index contributed by atoms with van der Waals surface area (Å²) in [6.07, 6.45) is 0. The molecule has 5 heavy (non-hydrogen) atoms. The molecule has 0 rings (SSSR count). The van der Waals surface area contributed by atoms with Gasteiger partial charge in [0.25, 0.3) is 0 Å². The summed E-state index contributed by atoms with van der Waals surface area (Å²) < 4.78 is 0. The van der Waals surface area contributed by atoms with Crippen molar-refractivity contribution in [2.24, 2.45) is 0 Å². The number of hydrogen-bond acceptors (Lipinski definition) is 1. The van der Waals surface area contributed by atoms with Gasteiger partial charge in [0.2, 0.25) is 0 Å². The molecule has 0 amide bonds. The van der Waals surface area contributed by atoms with Gasteiger partial charge in [0.15, 0.2) is 0 Å². The summed E-state index contributed by atoms with van der Waals surface area (Å²) in [7, 11) is 2.02. The van der Waals surface area contributed by atoms with Crippen LogP contribution in [-0.4, -0.2) is 31.6 Å². The Morgan fingerprint density at radius 2 is 1.80 bits per heavy atom. The number of hydrogen-bond donors (Lipinski definition) is 0. The normalized spacial score (nSPS) is 9.80. The summed E-state index contributed by atoms with van der Waals surface area (Å²) in [5, 5.41) is 0.863. The van der Waals surface area contributed by atoms with Gasteiger partial charge < -0.3 is 0 Å². The van der Waals surface area contributed by atoms with Crippen molar-refractivity contribution in [2.75, 3.05) is 0 Å². The Hall–Kier alpha value is 1.35. The third-order valence-corrected chi connectivity index (χ3v) is 4.24. The van der Waals surface area contributed by atoms with Crippen LogP contribution in [0.25, 0.3) is 0 Å². The molecule has 0 saturated carbocycles. The molecule has 0 aromatic carbocycles. The first-order chi connectivity index (χ1) is 2.27. The Labute approximate surface area is 53.1 Å². The van der Waals surface area contributed by atoms with Crippen LogP contribution in [-0.2, 0) is 0 Å². The molecule has 0 nitrogen and oxygen atoms in total. The molecule has 0 aliphatic heterocycles. The van der Waals surface area contributed by atoms with Crippen molar-refractivity contribution in [2.45, 2.75) is 19.1 Å². The zero-order valence-corrected chi connectivity index (χ0v) is 6.80. The maximum absolute atomic E-state index is 2.22. The third-order valence-electron chi connectivity index (χ3n) is 0.471. The van der Waals surface area contributed by atoms with E-state index in [4.69, 9.17) is 0 Å². The summed E-state index contributed by atoms with van der Waals surface area (Å²) in [5.74, 6) is 0. The molecule has 0 bridgehead atoms. The van der Waals surface area contributed by atoms with E-state index in [1.54, 1.807) is 0 Å². The van der Waals surface area contributed by atoms with Crippen molar-refractivity contribution < 1.29 is 0 Å². The molecule has 26 valence electrons. The van der Waals surface area contributed by atoms with Gasteiger partial charge in [-0.3, -0.25) is 0 Å². The minimum absolute atomic E-state index is 0.863. The molecule has 0 saturated heterocycles. The van der Waals surface area contributed by atoms with Crippen LogP contribution in [0.5, 0.6) is 0 Å². The molecular formula is C3H7NaS. The average Bonchev–Trinajstić information content (AvgIpc) is 1.38. The SMILES string of the molecule is CC(C)[S][Na]. The summed E-state index contributed by atoms with van der Waals surface area (Å²) in [5.41, 5.74) is 0. The predicted molar refractivity (Wildman–Crippen MR) is 28.5 cm³/mol. The van der Waals surface area contributed by atoms with Crippen LogP contribution in [0, 0.1) is 0 Å². The van der Waals surface area contributed by atoms with Gasteiger partial charge in [0.05, 0.1) is 0 Å². The fourth-order valence-electron chi connectivity index (χ4n) is 0. The van der Waals surface area contributed by atoms with E-state index in [-0.39, 0.29) is 0 Å². The molecule has 0 unspecified atom stereocenters. The molecule has 0 aromatic rings. The molecule has 0 aromatic heterocycles. The molecule has 0 aliphatic rings. The van der Waals surface area contributed by atoms with Crippen LogP contribution in [0.2, 0.25) is 0 Å². The quantitative estimate of drug-likeness (QED) is 0.444. The summed E-state index contributed by atoms with van der Waals surface area (Å²) >= 11 is 1.29. The second-order valence-corrected chi connectivity index (χ2v) is 4.11.